The first kappa shape index (κ1) is 7.48. The van der Waals surface area contributed by atoms with Gasteiger partial charge in [0.2, 0.25) is 0 Å². The molecule has 0 saturated heterocycles. The predicted molar refractivity (Wildman–Crippen MR) is 37.8 cm³/mol. The van der Waals surface area contributed by atoms with E-state index in [0.29, 0.717) is 0 Å². The van der Waals surface area contributed by atoms with Crippen molar-refractivity contribution in [3.05, 3.63) is 0 Å². The smallest absolute Gasteiger partial charge is 0.00594 e. The lowest BCUT2D eigenvalue weighted by atomic mass is 10.0. The van der Waals surface area contributed by atoms with Crippen LogP contribution >= 0.6 is 15.9 Å². The summed E-state index contributed by atoms with van der Waals surface area (Å²) in [6, 6.07) is 0. The van der Waals surface area contributed by atoms with Gasteiger partial charge in [-0.2, -0.15) is 0 Å². The Morgan fingerprint density at radius 3 is 1.71 bits per heavy atom. The van der Waals surface area contributed by atoms with Gasteiger partial charge in [0, 0.05) is 5.33 Å². The number of hydrogen-bond acceptors (Lipinski definition) is 0. The number of rotatable bonds is 2. The fourth-order valence-corrected chi connectivity index (χ4v) is 0.926. The van der Waals surface area contributed by atoms with Crippen LogP contribution in [0.25, 0.3) is 0 Å². The van der Waals surface area contributed by atoms with E-state index < -0.39 is 0 Å². The second kappa shape index (κ2) is 3.48. The van der Waals surface area contributed by atoms with E-state index in [9.17, 15) is 0 Å². The monoisotopic (exact) mass is 164 g/mol. The topological polar surface area (TPSA) is 0 Å². The molecule has 0 aliphatic rings. The molecule has 0 saturated carbocycles. The maximum absolute atomic E-state index is 3.42. The third-order valence-corrected chi connectivity index (χ3v) is 2.40. The molecule has 0 nitrogen and oxygen atoms in total. The van der Waals surface area contributed by atoms with Gasteiger partial charge in [-0.15, -0.1) is 0 Å². The number of alkyl halides is 1. The minimum Gasteiger partial charge on any atom is -0.0925 e. The Morgan fingerprint density at radius 1 is 1.29 bits per heavy atom. The summed E-state index contributed by atoms with van der Waals surface area (Å²) >= 11 is 3.42. The highest BCUT2D eigenvalue weighted by molar-refractivity contribution is 9.09. The molecule has 1 heteroatoms. The first-order valence-corrected chi connectivity index (χ1v) is 3.86. The van der Waals surface area contributed by atoms with E-state index in [2.05, 4.69) is 36.7 Å². The highest BCUT2D eigenvalue weighted by Crippen LogP contribution is 2.10. The zero-order valence-corrected chi connectivity index (χ0v) is 6.83. The highest BCUT2D eigenvalue weighted by Gasteiger charge is 2.02. The normalized spacial score (nSPS) is 15.0. The van der Waals surface area contributed by atoms with Crippen molar-refractivity contribution in [3.8, 4) is 0 Å². The Bertz CT molecular complexity index is 41.4. The van der Waals surface area contributed by atoms with Gasteiger partial charge < -0.3 is 0 Å². The molecule has 0 spiro atoms. The van der Waals surface area contributed by atoms with Gasteiger partial charge in [0.1, 0.15) is 0 Å². The second-order valence-corrected chi connectivity index (χ2v) is 3.02. The molecule has 0 radical (unpaired) electrons. The van der Waals surface area contributed by atoms with E-state index in [1.54, 1.807) is 0 Å². The van der Waals surface area contributed by atoms with Crippen LogP contribution in [0, 0.1) is 11.8 Å². The molecule has 0 aromatic rings. The first-order chi connectivity index (χ1) is 3.18. The van der Waals surface area contributed by atoms with E-state index in [4.69, 9.17) is 0 Å². The molecule has 0 rings (SSSR count). The lowest BCUT2D eigenvalue weighted by Gasteiger charge is -2.09. The molecule has 7 heavy (non-hydrogen) atoms. The quantitative estimate of drug-likeness (QED) is 0.552. The summed E-state index contributed by atoms with van der Waals surface area (Å²) in [5.41, 5.74) is 0. The summed E-state index contributed by atoms with van der Waals surface area (Å²) in [6.45, 7) is 6.73. The van der Waals surface area contributed by atoms with Crippen LogP contribution in [0.5, 0.6) is 0 Å². The molecule has 0 fully saturated rings. The Kier molecular flexibility index (Phi) is 3.72. The SMILES string of the molecule is CC(C)C(C)CBr. The van der Waals surface area contributed by atoms with E-state index in [1.807, 2.05) is 0 Å². The molecule has 0 aromatic heterocycles. The van der Waals surface area contributed by atoms with Crippen LogP contribution in [0.15, 0.2) is 0 Å². The molecule has 0 heterocycles. The van der Waals surface area contributed by atoms with Crippen molar-refractivity contribution in [2.45, 2.75) is 20.8 Å². The number of hydrogen-bond donors (Lipinski definition) is 0. The van der Waals surface area contributed by atoms with Crippen molar-refractivity contribution in [1.29, 1.82) is 0 Å². The van der Waals surface area contributed by atoms with Gasteiger partial charge in [-0.25, -0.2) is 0 Å². The van der Waals surface area contributed by atoms with Crippen LogP contribution in [0.1, 0.15) is 20.8 Å². The first-order valence-electron chi connectivity index (χ1n) is 2.74. The van der Waals surface area contributed by atoms with Crippen LogP contribution < -0.4 is 0 Å². The minimum atomic E-state index is 0.819. The van der Waals surface area contributed by atoms with Gasteiger partial charge in [-0.3, -0.25) is 0 Å². The van der Waals surface area contributed by atoms with Gasteiger partial charge in [-0.05, 0) is 11.8 Å². The summed E-state index contributed by atoms with van der Waals surface area (Å²) in [4.78, 5) is 0. The molecule has 0 bridgehead atoms. The summed E-state index contributed by atoms with van der Waals surface area (Å²) in [5.74, 6) is 1.64. The van der Waals surface area contributed by atoms with Gasteiger partial charge in [0.25, 0.3) is 0 Å². The Morgan fingerprint density at radius 2 is 1.71 bits per heavy atom. The summed E-state index contributed by atoms with van der Waals surface area (Å²) in [5, 5.41) is 1.13. The van der Waals surface area contributed by atoms with Crippen molar-refractivity contribution in [3.63, 3.8) is 0 Å². The van der Waals surface area contributed by atoms with Crippen molar-refractivity contribution in [1.82, 2.24) is 0 Å². The zero-order valence-electron chi connectivity index (χ0n) is 5.24. The Balaban J connectivity index is 3.14. The lowest BCUT2D eigenvalue weighted by molar-refractivity contribution is 0.467. The number of halogens is 1. The van der Waals surface area contributed by atoms with Crippen molar-refractivity contribution in [2.75, 3.05) is 5.33 Å². The molecule has 0 aliphatic heterocycles. The van der Waals surface area contributed by atoms with Gasteiger partial charge in [0.15, 0.2) is 0 Å². The summed E-state index contributed by atoms with van der Waals surface area (Å²) in [6.07, 6.45) is 0. The fraction of sp³-hybridized carbons (Fsp3) is 1.00. The maximum atomic E-state index is 3.42. The molecule has 0 N–H and O–H groups in total. The second-order valence-electron chi connectivity index (χ2n) is 2.38. The van der Waals surface area contributed by atoms with Gasteiger partial charge in [0.05, 0.1) is 0 Å². The van der Waals surface area contributed by atoms with Crippen LogP contribution in [-0.4, -0.2) is 5.33 Å². The average molecular weight is 165 g/mol. The van der Waals surface area contributed by atoms with E-state index >= 15 is 0 Å². The summed E-state index contributed by atoms with van der Waals surface area (Å²) < 4.78 is 0. The van der Waals surface area contributed by atoms with Gasteiger partial charge in [-0.1, -0.05) is 36.7 Å². The van der Waals surface area contributed by atoms with E-state index in [0.717, 1.165) is 17.2 Å². The molecule has 0 aromatic carbocycles. The highest BCUT2D eigenvalue weighted by atomic mass is 79.9. The fourth-order valence-electron chi connectivity index (χ4n) is 0.178. The Hall–Kier alpha value is 0.480. The molecular formula is C6H13Br. The molecule has 0 aliphatic carbocycles. The minimum absolute atomic E-state index is 0.819. The third kappa shape index (κ3) is 3.10. The molecule has 1 unspecified atom stereocenters. The maximum Gasteiger partial charge on any atom is 0.00594 e. The molecule has 1 atom stereocenters. The van der Waals surface area contributed by atoms with Crippen LogP contribution in [0.3, 0.4) is 0 Å². The summed E-state index contributed by atoms with van der Waals surface area (Å²) in [7, 11) is 0. The van der Waals surface area contributed by atoms with Crippen LogP contribution in [0.4, 0.5) is 0 Å². The van der Waals surface area contributed by atoms with Crippen molar-refractivity contribution >= 4 is 15.9 Å². The molecular weight excluding hydrogens is 152 g/mol. The van der Waals surface area contributed by atoms with E-state index in [1.165, 1.54) is 0 Å². The molecule has 0 amide bonds. The van der Waals surface area contributed by atoms with E-state index in [-0.39, 0.29) is 0 Å². The predicted octanol–water partition coefficient (Wildman–Crippen LogP) is 2.67. The largest absolute Gasteiger partial charge is 0.0925 e. The Labute approximate surface area is 54.4 Å². The van der Waals surface area contributed by atoms with Crippen LogP contribution in [0.2, 0.25) is 0 Å². The van der Waals surface area contributed by atoms with Crippen molar-refractivity contribution in [2.24, 2.45) is 11.8 Å². The van der Waals surface area contributed by atoms with Crippen molar-refractivity contribution < 1.29 is 0 Å². The molecule has 44 valence electrons. The third-order valence-electron chi connectivity index (χ3n) is 1.38. The zero-order chi connectivity index (χ0) is 5.86. The standard InChI is InChI=1S/C6H13Br/c1-5(2)6(3)4-7/h5-6H,4H2,1-3H3. The van der Waals surface area contributed by atoms with Gasteiger partial charge >= 0.3 is 0 Å². The van der Waals surface area contributed by atoms with Crippen LogP contribution in [-0.2, 0) is 0 Å². The lowest BCUT2D eigenvalue weighted by Crippen LogP contribution is -2.03. The average Bonchev–Trinajstić information content (AvgIpc) is 1.65.